The Hall–Kier alpha value is -2.37. The minimum Gasteiger partial charge on any atom is -0.493 e. The summed E-state index contributed by atoms with van der Waals surface area (Å²) in [6.45, 7) is 3.92. The Bertz CT molecular complexity index is 729. The standard InChI is InChI=1S/C21H29N3O3/c1-17-19(23-27-22-17)16-21(25)24-13-8-4-2-3-5-10-18-11-6-7-12-20(18)26-15-9-14-24/h6-7,11-12H,2-5,8-10,13-16H2,1H3. The third kappa shape index (κ3) is 5.81. The molecule has 1 aromatic heterocycles. The third-order valence-corrected chi connectivity index (χ3v) is 5.09. The number of carbonyl (C=O) groups excluding carboxylic acids is 1. The van der Waals surface area contributed by atoms with Crippen LogP contribution in [0.4, 0.5) is 0 Å². The Labute approximate surface area is 160 Å². The number of fused-ring (bicyclic) bond motifs is 1. The smallest absolute Gasteiger partial charge is 0.228 e. The lowest BCUT2D eigenvalue weighted by Gasteiger charge is -2.23. The highest BCUT2D eigenvalue weighted by Crippen LogP contribution is 2.21. The highest BCUT2D eigenvalue weighted by atomic mass is 16.6. The van der Waals surface area contributed by atoms with Gasteiger partial charge in [0, 0.05) is 13.1 Å². The number of aryl methyl sites for hydroxylation is 2. The minimum absolute atomic E-state index is 0.0845. The van der Waals surface area contributed by atoms with E-state index in [1.807, 2.05) is 24.0 Å². The summed E-state index contributed by atoms with van der Waals surface area (Å²) in [5.41, 5.74) is 2.60. The van der Waals surface area contributed by atoms with Crippen LogP contribution in [-0.2, 0) is 17.6 Å². The molecule has 27 heavy (non-hydrogen) atoms. The second-order valence-electron chi connectivity index (χ2n) is 7.18. The molecule has 0 unspecified atom stereocenters. The van der Waals surface area contributed by atoms with Gasteiger partial charge in [0.25, 0.3) is 0 Å². The first-order chi connectivity index (χ1) is 13.2. The average Bonchev–Trinajstić information content (AvgIpc) is 3.07. The number of nitrogens with zero attached hydrogens (tertiary/aromatic N) is 3. The molecule has 1 amide bonds. The van der Waals surface area contributed by atoms with Crippen LogP contribution in [0.3, 0.4) is 0 Å². The molecule has 0 saturated heterocycles. The molecule has 0 spiro atoms. The molecular weight excluding hydrogens is 342 g/mol. The molecule has 6 nitrogen and oxygen atoms in total. The topological polar surface area (TPSA) is 68.5 Å². The fraction of sp³-hybridized carbons (Fsp3) is 0.571. The van der Waals surface area contributed by atoms with E-state index in [1.165, 1.54) is 24.8 Å². The zero-order chi connectivity index (χ0) is 18.9. The van der Waals surface area contributed by atoms with Crippen molar-refractivity contribution in [1.29, 1.82) is 0 Å². The lowest BCUT2D eigenvalue weighted by Crippen LogP contribution is -2.35. The number of para-hydroxylation sites is 1. The Morgan fingerprint density at radius 2 is 1.81 bits per heavy atom. The zero-order valence-electron chi connectivity index (χ0n) is 16.2. The first kappa shape index (κ1) is 19.4. The van der Waals surface area contributed by atoms with E-state index in [0.29, 0.717) is 24.5 Å². The SMILES string of the molecule is Cc1nonc1CC(=O)N1CCCCCCCc2ccccc2OCCC1. The lowest BCUT2D eigenvalue weighted by molar-refractivity contribution is -0.130. The van der Waals surface area contributed by atoms with Gasteiger partial charge >= 0.3 is 0 Å². The molecule has 1 aliphatic rings. The van der Waals surface area contributed by atoms with Gasteiger partial charge in [-0.05, 0) is 44.2 Å². The van der Waals surface area contributed by atoms with Gasteiger partial charge in [-0.3, -0.25) is 4.79 Å². The average molecular weight is 371 g/mol. The van der Waals surface area contributed by atoms with Crippen molar-refractivity contribution in [1.82, 2.24) is 15.2 Å². The predicted octanol–water partition coefficient (Wildman–Crippen LogP) is 3.72. The van der Waals surface area contributed by atoms with E-state index in [2.05, 4.69) is 22.4 Å². The van der Waals surface area contributed by atoms with Crippen LogP contribution in [0.5, 0.6) is 5.75 Å². The van der Waals surface area contributed by atoms with Crippen LogP contribution in [0.15, 0.2) is 28.9 Å². The number of carbonyl (C=O) groups is 1. The Kier molecular flexibility index (Phi) is 7.25. The van der Waals surface area contributed by atoms with Crippen LogP contribution < -0.4 is 4.74 Å². The third-order valence-electron chi connectivity index (χ3n) is 5.09. The summed E-state index contributed by atoms with van der Waals surface area (Å²) < 4.78 is 10.7. The number of aromatic nitrogens is 2. The Morgan fingerprint density at radius 3 is 2.67 bits per heavy atom. The summed E-state index contributed by atoms with van der Waals surface area (Å²) in [7, 11) is 0. The van der Waals surface area contributed by atoms with Crippen LogP contribution in [0.1, 0.15) is 55.5 Å². The van der Waals surface area contributed by atoms with Gasteiger partial charge in [0.15, 0.2) is 0 Å². The summed E-state index contributed by atoms with van der Waals surface area (Å²) >= 11 is 0. The van der Waals surface area contributed by atoms with E-state index in [4.69, 9.17) is 9.37 Å². The second kappa shape index (κ2) is 10.1. The molecule has 0 atom stereocenters. The van der Waals surface area contributed by atoms with Crippen molar-refractivity contribution in [2.24, 2.45) is 0 Å². The number of amides is 1. The molecule has 0 fully saturated rings. The summed E-state index contributed by atoms with van der Waals surface area (Å²) in [6, 6.07) is 8.30. The van der Waals surface area contributed by atoms with Crippen LogP contribution >= 0.6 is 0 Å². The largest absolute Gasteiger partial charge is 0.493 e. The zero-order valence-corrected chi connectivity index (χ0v) is 16.2. The molecule has 146 valence electrons. The van der Waals surface area contributed by atoms with Crippen molar-refractivity contribution >= 4 is 5.91 Å². The number of ether oxygens (including phenoxy) is 1. The molecular formula is C21H29N3O3. The van der Waals surface area contributed by atoms with Gasteiger partial charge in [-0.2, -0.15) is 0 Å². The molecule has 1 aromatic carbocycles. The highest BCUT2D eigenvalue weighted by Gasteiger charge is 2.17. The fourth-order valence-electron chi connectivity index (χ4n) is 3.46. The first-order valence-electron chi connectivity index (χ1n) is 10.0. The molecule has 6 heteroatoms. The summed E-state index contributed by atoms with van der Waals surface area (Å²) in [4.78, 5) is 14.7. The van der Waals surface area contributed by atoms with Crippen molar-refractivity contribution < 1.29 is 14.2 Å². The van der Waals surface area contributed by atoms with Crippen molar-refractivity contribution in [2.75, 3.05) is 19.7 Å². The maximum atomic E-state index is 12.7. The minimum atomic E-state index is 0.0845. The monoisotopic (exact) mass is 371 g/mol. The molecule has 0 N–H and O–H groups in total. The van der Waals surface area contributed by atoms with Crippen LogP contribution in [0, 0.1) is 6.92 Å². The predicted molar refractivity (Wildman–Crippen MR) is 103 cm³/mol. The summed E-state index contributed by atoms with van der Waals surface area (Å²) in [6.07, 6.45) is 7.94. The van der Waals surface area contributed by atoms with Gasteiger partial charge < -0.3 is 9.64 Å². The van der Waals surface area contributed by atoms with Crippen molar-refractivity contribution in [3.63, 3.8) is 0 Å². The van der Waals surface area contributed by atoms with Crippen molar-refractivity contribution in [2.45, 2.75) is 58.3 Å². The van der Waals surface area contributed by atoms with E-state index in [0.717, 1.165) is 38.0 Å². The van der Waals surface area contributed by atoms with Gasteiger partial charge in [-0.25, -0.2) is 4.63 Å². The maximum Gasteiger partial charge on any atom is 0.228 e. The van der Waals surface area contributed by atoms with Crippen molar-refractivity contribution in [3.8, 4) is 5.75 Å². The normalized spacial score (nSPS) is 16.9. The Balaban J connectivity index is 1.60. The molecule has 0 aliphatic carbocycles. The number of hydrogen-bond donors (Lipinski definition) is 0. The van der Waals surface area contributed by atoms with E-state index < -0.39 is 0 Å². The van der Waals surface area contributed by atoms with Crippen LogP contribution in [0.2, 0.25) is 0 Å². The highest BCUT2D eigenvalue weighted by molar-refractivity contribution is 5.78. The number of benzene rings is 1. The van der Waals surface area contributed by atoms with Crippen LogP contribution in [-0.4, -0.2) is 40.8 Å². The Morgan fingerprint density at radius 1 is 1.04 bits per heavy atom. The molecule has 2 aromatic rings. The van der Waals surface area contributed by atoms with E-state index >= 15 is 0 Å². The van der Waals surface area contributed by atoms with Gasteiger partial charge in [-0.1, -0.05) is 47.8 Å². The lowest BCUT2D eigenvalue weighted by atomic mass is 10.0. The quantitative estimate of drug-likeness (QED) is 0.805. The number of rotatable bonds is 2. The van der Waals surface area contributed by atoms with Gasteiger partial charge in [-0.15, -0.1) is 0 Å². The molecule has 0 saturated carbocycles. The van der Waals surface area contributed by atoms with E-state index in [1.54, 1.807) is 0 Å². The van der Waals surface area contributed by atoms with Crippen LogP contribution in [0.25, 0.3) is 0 Å². The summed E-state index contributed by atoms with van der Waals surface area (Å²) in [5.74, 6) is 1.07. The van der Waals surface area contributed by atoms with Gasteiger partial charge in [0.2, 0.25) is 5.91 Å². The van der Waals surface area contributed by atoms with Gasteiger partial charge in [0.1, 0.15) is 17.1 Å². The number of hydrogen-bond acceptors (Lipinski definition) is 5. The molecule has 0 radical (unpaired) electrons. The first-order valence-corrected chi connectivity index (χ1v) is 10.0. The molecule has 2 heterocycles. The van der Waals surface area contributed by atoms with Crippen molar-refractivity contribution in [3.05, 3.63) is 41.2 Å². The second-order valence-corrected chi connectivity index (χ2v) is 7.18. The van der Waals surface area contributed by atoms with Gasteiger partial charge in [0.05, 0.1) is 13.0 Å². The maximum absolute atomic E-state index is 12.7. The fourth-order valence-corrected chi connectivity index (χ4v) is 3.46. The van der Waals surface area contributed by atoms with E-state index in [9.17, 15) is 4.79 Å². The molecule has 1 aliphatic heterocycles. The van der Waals surface area contributed by atoms with E-state index in [-0.39, 0.29) is 12.3 Å². The summed E-state index contributed by atoms with van der Waals surface area (Å²) in [5, 5.41) is 7.61. The molecule has 0 bridgehead atoms. The molecule has 3 rings (SSSR count).